The van der Waals surface area contributed by atoms with Gasteiger partial charge in [-0.15, -0.1) is 0 Å². The minimum atomic E-state index is -1.53. The number of aromatic nitrogens is 1. The predicted molar refractivity (Wildman–Crippen MR) is 134 cm³/mol. The van der Waals surface area contributed by atoms with Crippen molar-refractivity contribution in [3.8, 4) is 17.2 Å². The maximum atomic E-state index is 14.2. The quantitative estimate of drug-likeness (QED) is 0.429. The number of ketones is 2. The van der Waals surface area contributed by atoms with E-state index in [2.05, 4.69) is 4.98 Å². The molecule has 37 heavy (non-hydrogen) atoms. The number of carboxylic acids is 1. The zero-order valence-corrected chi connectivity index (χ0v) is 20.4. The third kappa shape index (κ3) is 4.55. The fourth-order valence-electron chi connectivity index (χ4n) is 5.26. The molecule has 3 aromatic rings. The minimum absolute atomic E-state index is 0.0569. The first kappa shape index (κ1) is 24.5. The van der Waals surface area contributed by atoms with E-state index < -0.39 is 18.0 Å². The molecule has 1 unspecified atom stereocenters. The van der Waals surface area contributed by atoms with Gasteiger partial charge in [-0.1, -0.05) is 6.07 Å². The molecule has 1 fully saturated rings. The number of rotatable bonds is 9. The largest absolute Gasteiger partial charge is 0.493 e. The lowest BCUT2D eigenvalue weighted by molar-refractivity contribution is -0.139. The van der Waals surface area contributed by atoms with E-state index in [0.29, 0.717) is 17.1 Å². The minimum Gasteiger partial charge on any atom is -0.493 e. The van der Waals surface area contributed by atoms with Gasteiger partial charge in [-0.3, -0.25) is 14.6 Å². The Morgan fingerprint density at radius 1 is 0.973 bits per heavy atom. The number of carbonyl (C=O) groups is 3. The Kier molecular flexibility index (Phi) is 6.65. The smallest absolute Gasteiger partial charge is 0.341 e. The van der Waals surface area contributed by atoms with E-state index >= 15 is 0 Å². The highest BCUT2D eigenvalue weighted by Gasteiger charge is 2.54. The Morgan fingerprint density at radius 3 is 2.41 bits per heavy atom. The molecule has 1 N–H and O–H groups in total. The normalized spacial score (nSPS) is 19.1. The molecule has 190 valence electrons. The highest BCUT2D eigenvalue weighted by atomic mass is 16.5. The van der Waals surface area contributed by atoms with Gasteiger partial charge in [-0.2, -0.15) is 0 Å². The molecule has 1 heterocycles. The molecule has 1 aromatic heterocycles. The van der Waals surface area contributed by atoms with Gasteiger partial charge in [-0.25, -0.2) is 4.79 Å². The molecule has 8 heteroatoms. The molecular formula is C29H27NO7. The van der Waals surface area contributed by atoms with E-state index in [0.717, 1.165) is 31.2 Å². The predicted octanol–water partition coefficient (Wildman–Crippen LogP) is 4.43. The maximum absolute atomic E-state index is 14.2. The van der Waals surface area contributed by atoms with Crippen LogP contribution in [0, 0.1) is 0 Å². The van der Waals surface area contributed by atoms with E-state index in [1.54, 1.807) is 49.8 Å². The average molecular weight is 502 g/mol. The van der Waals surface area contributed by atoms with Crippen LogP contribution in [0.4, 0.5) is 0 Å². The number of pyridine rings is 1. The topological polar surface area (TPSA) is 112 Å². The molecule has 1 saturated carbocycles. The van der Waals surface area contributed by atoms with Crippen LogP contribution in [0.2, 0.25) is 0 Å². The molecule has 2 aromatic carbocycles. The van der Waals surface area contributed by atoms with Crippen LogP contribution < -0.4 is 14.2 Å². The molecule has 8 nitrogen and oxygen atoms in total. The van der Waals surface area contributed by atoms with Crippen molar-refractivity contribution in [3.63, 3.8) is 0 Å². The van der Waals surface area contributed by atoms with Crippen molar-refractivity contribution in [2.75, 3.05) is 13.7 Å². The molecule has 1 atom stereocenters. The van der Waals surface area contributed by atoms with Crippen molar-refractivity contribution < 1.29 is 33.7 Å². The van der Waals surface area contributed by atoms with Gasteiger partial charge in [-0.05, 0) is 85.7 Å². The Hall–Kier alpha value is -4.20. The van der Waals surface area contributed by atoms with Gasteiger partial charge >= 0.3 is 5.97 Å². The molecule has 5 rings (SSSR count). The summed E-state index contributed by atoms with van der Waals surface area (Å²) in [4.78, 5) is 43.2. The van der Waals surface area contributed by atoms with Gasteiger partial charge in [0.1, 0.15) is 11.2 Å². The van der Waals surface area contributed by atoms with Crippen molar-refractivity contribution in [2.24, 2.45) is 0 Å². The van der Waals surface area contributed by atoms with Crippen molar-refractivity contribution in [3.05, 3.63) is 83.2 Å². The second-order valence-corrected chi connectivity index (χ2v) is 9.38. The summed E-state index contributed by atoms with van der Waals surface area (Å²) in [7, 11) is 1.56. The van der Waals surface area contributed by atoms with Gasteiger partial charge in [0.25, 0.3) is 0 Å². The van der Waals surface area contributed by atoms with Crippen molar-refractivity contribution in [1.29, 1.82) is 0 Å². The summed E-state index contributed by atoms with van der Waals surface area (Å²) in [6, 6.07) is 13.3. The fraction of sp³-hybridized carbons (Fsp3) is 0.310. The first-order valence-corrected chi connectivity index (χ1v) is 12.2. The van der Waals surface area contributed by atoms with E-state index in [4.69, 9.17) is 19.3 Å². The SMILES string of the molecule is COc1ccc(C2(Cc3ccncc3)C(=O)c3ccc(OCC(=O)O)cc3C2=O)cc1OC1CCCC1. The van der Waals surface area contributed by atoms with Gasteiger partial charge < -0.3 is 19.3 Å². The van der Waals surface area contributed by atoms with E-state index in [1.807, 2.05) is 0 Å². The summed E-state index contributed by atoms with van der Waals surface area (Å²) in [6.45, 7) is -0.552. The highest BCUT2D eigenvalue weighted by Crippen LogP contribution is 2.45. The summed E-state index contributed by atoms with van der Waals surface area (Å²) in [5.41, 5.74) is 0.236. The van der Waals surface area contributed by atoms with Crippen LogP contribution in [-0.2, 0) is 16.6 Å². The fourth-order valence-corrected chi connectivity index (χ4v) is 5.26. The molecule has 0 amide bonds. The first-order valence-electron chi connectivity index (χ1n) is 12.2. The summed E-state index contributed by atoms with van der Waals surface area (Å²) >= 11 is 0. The van der Waals surface area contributed by atoms with Crippen LogP contribution in [0.1, 0.15) is 57.5 Å². The Bertz CT molecular complexity index is 1350. The van der Waals surface area contributed by atoms with Crippen molar-refractivity contribution in [2.45, 2.75) is 43.6 Å². The average Bonchev–Trinajstić information content (AvgIpc) is 3.49. The Morgan fingerprint density at radius 2 is 1.70 bits per heavy atom. The zero-order chi connectivity index (χ0) is 26.0. The lowest BCUT2D eigenvalue weighted by atomic mass is 9.71. The highest BCUT2D eigenvalue weighted by molar-refractivity contribution is 6.33. The van der Waals surface area contributed by atoms with Crippen LogP contribution in [0.15, 0.2) is 60.9 Å². The molecule has 0 radical (unpaired) electrons. The van der Waals surface area contributed by atoms with Gasteiger partial charge in [0.05, 0.1) is 13.2 Å². The molecule has 0 saturated heterocycles. The number of ether oxygens (including phenoxy) is 3. The summed E-state index contributed by atoms with van der Waals surface area (Å²) < 4.78 is 17.1. The maximum Gasteiger partial charge on any atom is 0.341 e. The second-order valence-electron chi connectivity index (χ2n) is 9.38. The van der Waals surface area contributed by atoms with Crippen LogP contribution in [0.3, 0.4) is 0 Å². The number of fused-ring (bicyclic) bond motifs is 1. The standard InChI is InChI=1S/C29H27NO7/c1-35-24-9-6-19(14-25(24)37-20-4-2-3-5-20)29(16-18-10-12-30-13-11-18)27(33)22-8-7-21(36-17-26(31)32)15-23(22)28(29)34/h6-15,20H,2-5,16-17H2,1H3,(H,31,32). The number of aliphatic carboxylic acids is 1. The number of carbonyl (C=O) groups excluding carboxylic acids is 2. The van der Waals surface area contributed by atoms with Crippen molar-refractivity contribution in [1.82, 2.24) is 4.98 Å². The summed E-state index contributed by atoms with van der Waals surface area (Å²) in [6.07, 6.45) is 7.51. The number of hydrogen-bond donors (Lipinski definition) is 1. The summed E-state index contributed by atoms with van der Waals surface area (Å²) in [5.74, 6) is -0.587. The Balaban J connectivity index is 1.61. The van der Waals surface area contributed by atoms with E-state index in [9.17, 15) is 14.4 Å². The van der Waals surface area contributed by atoms with Gasteiger partial charge in [0, 0.05) is 23.5 Å². The monoisotopic (exact) mass is 501 g/mol. The number of Topliss-reactive ketones (excluding diaryl/α,β-unsaturated/α-hetero) is 2. The molecule has 0 bridgehead atoms. The summed E-state index contributed by atoms with van der Waals surface area (Å²) in [5, 5.41) is 8.96. The lowest BCUT2D eigenvalue weighted by Crippen LogP contribution is -2.40. The number of methoxy groups -OCH3 is 1. The van der Waals surface area contributed by atoms with Crippen LogP contribution in [-0.4, -0.2) is 47.4 Å². The molecule has 0 aliphatic heterocycles. The molecular weight excluding hydrogens is 474 g/mol. The number of nitrogens with zero attached hydrogens (tertiary/aromatic N) is 1. The Labute approximate surface area is 214 Å². The van der Waals surface area contributed by atoms with E-state index in [-0.39, 0.29) is 41.0 Å². The second kappa shape index (κ2) is 10.0. The third-order valence-corrected chi connectivity index (χ3v) is 7.09. The van der Waals surface area contributed by atoms with E-state index in [1.165, 1.54) is 18.2 Å². The number of hydrogen-bond acceptors (Lipinski definition) is 7. The van der Waals surface area contributed by atoms with Crippen LogP contribution in [0.25, 0.3) is 0 Å². The lowest BCUT2D eigenvalue weighted by Gasteiger charge is -2.28. The molecule has 2 aliphatic carbocycles. The number of benzene rings is 2. The van der Waals surface area contributed by atoms with Crippen LogP contribution in [0.5, 0.6) is 17.2 Å². The van der Waals surface area contributed by atoms with Gasteiger partial charge in [0.2, 0.25) is 0 Å². The van der Waals surface area contributed by atoms with Gasteiger partial charge in [0.15, 0.2) is 29.7 Å². The third-order valence-electron chi connectivity index (χ3n) is 7.09. The molecule has 2 aliphatic rings. The molecule has 0 spiro atoms. The zero-order valence-electron chi connectivity index (χ0n) is 20.4. The van der Waals surface area contributed by atoms with Crippen LogP contribution >= 0.6 is 0 Å². The first-order chi connectivity index (χ1) is 17.9. The van der Waals surface area contributed by atoms with Crippen molar-refractivity contribution >= 4 is 17.5 Å². The number of carboxylic acid groups (broad SMARTS) is 1.